The maximum atomic E-state index is 6.08. The normalized spacial score (nSPS) is 11.6. The molecule has 3 nitrogen and oxygen atoms in total. The van der Waals surface area contributed by atoms with Crippen molar-refractivity contribution in [3.05, 3.63) is 59.1 Å². The first kappa shape index (κ1) is 16.6. The molecule has 0 radical (unpaired) electrons. The SMILES string of the molecule is Cc1ccc(OC[C@H](C)NC(=S)Nc2ccccc2Cl)cc1. The Morgan fingerprint density at radius 2 is 1.86 bits per heavy atom. The van der Waals surface area contributed by atoms with Gasteiger partial charge in [-0.15, -0.1) is 0 Å². The Bertz CT molecular complexity index is 631. The zero-order valence-corrected chi connectivity index (χ0v) is 14.2. The van der Waals surface area contributed by atoms with E-state index in [0.717, 1.165) is 11.4 Å². The van der Waals surface area contributed by atoms with Gasteiger partial charge in [-0.3, -0.25) is 0 Å². The number of thiocarbonyl (C=S) groups is 1. The Kier molecular flexibility index (Phi) is 6.04. The van der Waals surface area contributed by atoms with E-state index in [-0.39, 0.29) is 6.04 Å². The van der Waals surface area contributed by atoms with Gasteiger partial charge in [0.1, 0.15) is 12.4 Å². The van der Waals surface area contributed by atoms with Crippen molar-refractivity contribution in [2.45, 2.75) is 19.9 Å². The summed E-state index contributed by atoms with van der Waals surface area (Å²) in [6.07, 6.45) is 0. The van der Waals surface area contributed by atoms with E-state index in [1.165, 1.54) is 5.56 Å². The molecule has 22 heavy (non-hydrogen) atoms. The molecule has 2 aromatic carbocycles. The maximum absolute atomic E-state index is 6.08. The van der Waals surface area contributed by atoms with Gasteiger partial charge >= 0.3 is 0 Å². The highest BCUT2D eigenvalue weighted by Gasteiger charge is 2.07. The van der Waals surface area contributed by atoms with Crippen LogP contribution in [0.4, 0.5) is 5.69 Å². The van der Waals surface area contributed by atoms with E-state index in [2.05, 4.69) is 10.6 Å². The van der Waals surface area contributed by atoms with E-state index in [1.54, 1.807) is 0 Å². The number of nitrogens with one attached hydrogen (secondary N) is 2. The van der Waals surface area contributed by atoms with Crippen LogP contribution in [0.2, 0.25) is 5.02 Å². The highest BCUT2D eigenvalue weighted by atomic mass is 35.5. The van der Waals surface area contributed by atoms with Crippen LogP contribution in [0.1, 0.15) is 12.5 Å². The molecule has 0 saturated heterocycles. The molecule has 0 heterocycles. The first-order valence-electron chi connectivity index (χ1n) is 7.06. The monoisotopic (exact) mass is 334 g/mol. The second kappa shape index (κ2) is 8.01. The predicted molar refractivity (Wildman–Crippen MR) is 96.9 cm³/mol. The van der Waals surface area contributed by atoms with Gasteiger partial charge < -0.3 is 15.4 Å². The molecule has 2 aromatic rings. The van der Waals surface area contributed by atoms with Crippen LogP contribution in [0.3, 0.4) is 0 Å². The van der Waals surface area contributed by atoms with Crippen LogP contribution in [0.15, 0.2) is 48.5 Å². The number of rotatable bonds is 5. The highest BCUT2D eigenvalue weighted by Crippen LogP contribution is 2.20. The zero-order valence-electron chi connectivity index (χ0n) is 12.6. The molecule has 0 amide bonds. The Morgan fingerprint density at radius 1 is 1.18 bits per heavy atom. The number of anilines is 1. The van der Waals surface area contributed by atoms with Gasteiger partial charge in [0.05, 0.1) is 16.8 Å². The third-order valence-corrected chi connectivity index (χ3v) is 3.57. The molecule has 1 atom stereocenters. The largest absolute Gasteiger partial charge is 0.491 e. The number of halogens is 1. The van der Waals surface area contributed by atoms with Gasteiger partial charge in [0.25, 0.3) is 0 Å². The highest BCUT2D eigenvalue weighted by molar-refractivity contribution is 7.80. The molecule has 5 heteroatoms. The fourth-order valence-electron chi connectivity index (χ4n) is 1.84. The number of benzene rings is 2. The summed E-state index contributed by atoms with van der Waals surface area (Å²) >= 11 is 11.4. The summed E-state index contributed by atoms with van der Waals surface area (Å²) in [6.45, 7) is 4.58. The molecule has 0 saturated carbocycles. The van der Waals surface area contributed by atoms with Crippen LogP contribution < -0.4 is 15.4 Å². The number of para-hydroxylation sites is 1. The van der Waals surface area contributed by atoms with Crippen LogP contribution in [0, 0.1) is 6.92 Å². The Balaban J connectivity index is 1.79. The van der Waals surface area contributed by atoms with Crippen LogP contribution in [0.5, 0.6) is 5.75 Å². The molecule has 0 aliphatic rings. The molecular formula is C17H19ClN2OS. The van der Waals surface area contributed by atoms with Gasteiger partial charge in [0, 0.05) is 0 Å². The van der Waals surface area contributed by atoms with Gasteiger partial charge in [-0.2, -0.15) is 0 Å². The van der Waals surface area contributed by atoms with Crippen molar-refractivity contribution < 1.29 is 4.74 Å². The van der Waals surface area contributed by atoms with Crippen molar-refractivity contribution in [2.75, 3.05) is 11.9 Å². The molecular weight excluding hydrogens is 316 g/mol. The minimum atomic E-state index is 0.0730. The van der Waals surface area contributed by atoms with Gasteiger partial charge in [-0.1, -0.05) is 41.4 Å². The minimum absolute atomic E-state index is 0.0730. The van der Waals surface area contributed by atoms with Gasteiger partial charge in [-0.25, -0.2) is 0 Å². The molecule has 0 aliphatic carbocycles. The van der Waals surface area contributed by atoms with Crippen molar-refractivity contribution in [3.63, 3.8) is 0 Å². The summed E-state index contributed by atoms with van der Waals surface area (Å²) in [5.41, 5.74) is 2.00. The maximum Gasteiger partial charge on any atom is 0.171 e. The lowest BCUT2D eigenvalue weighted by Gasteiger charge is -2.18. The number of hydrogen-bond donors (Lipinski definition) is 2. The first-order valence-corrected chi connectivity index (χ1v) is 7.85. The molecule has 116 valence electrons. The predicted octanol–water partition coefficient (Wildman–Crippen LogP) is 4.40. The summed E-state index contributed by atoms with van der Waals surface area (Å²) in [5.74, 6) is 0.851. The molecule has 0 spiro atoms. The van der Waals surface area contributed by atoms with E-state index in [4.69, 9.17) is 28.6 Å². The molecule has 2 N–H and O–H groups in total. The third kappa shape index (κ3) is 5.20. The van der Waals surface area contributed by atoms with Crippen molar-refractivity contribution in [1.82, 2.24) is 5.32 Å². The fraction of sp³-hybridized carbons (Fsp3) is 0.235. The van der Waals surface area contributed by atoms with E-state index >= 15 is 0 Å². The van der Waals surface area contributed by atoms with Gasteiger partial charge in [-0.05, 0) is 50.3 Å². The van der Waals surface area contributed by atoms with Crippen LogP contribution in [-0.4, -0.2) is 17.8 Å². The van der Waals surface area contributed by atoms with E-state index in [0.29, 0.717) is 16.7 Å². The first-order chi connectivity index (χ1) is 10.5. The smallest absolute Gasteiger partial charge is 0.171 e. The summed E-state index contributed by atoms with van der Waals surface area (Å²) in [6, 6.07) is 15.5. The average molecular weight is 335 g/mol. The van der Waals surface area contributed by atoms with Crippen molar-refractivity contribution in [2.24, 2.45) is 0 Å². The van der Waals surface area contributed by atoms with Crippen molar-refractivity contribution in [3.8, 4) is 5.75 Å². The number of ether oxygens (including phenoxy) is 1. The van der Waals surface area contributed by atoms with Crippen LogP contribution in [0.25, 0.3) is 0 Å². The lowest BCUT2D eigenvalue weighted by atomic mass is 10.2. The Labute approximate surface area is 141 Å². The summed E-state index contributed by atoms with van der Waals surface area (Å²) in [4.78, 5) is 0. The molecule has 0 aromatic heterocycles. The summed E-state index contributed by atoms with van der Waals surface area (Å²) in [7, 11) is 0. The van der Waals surface area contributed by atoms with E-state index in [9.17, 15) is 0 Å². The topological polar surface area (TPSA) is 33.3 Å². The van der Waals surface area contributed by atoms with Crippen LogP contribution in [-0.2, 0) is 0 Å². The summed E-state index contributed by atoms with van der Waals surface area (Å²) in [5, 5.41) is 7.41. The molecule has 0 bridgehead atoms. The standard InChI is InChI=1S/C17H19ClN2OS/c1-12-7-9-14(10-8-12)21-11-13(2)19-17(22)20-16-6-4-3-5-15(16)18/h3-10,13H,11H2,1-2H3,(H2,19,20,22)/t13-/m0/s1. The Hall–Kier alpha value is -1.78. The second-order valence-electron chi connectivity index (χ2n) is 5.10. The quantitative estimate of drug-likeness (QED) is 0.794. The average Bonchev–Trinajstić information content (AvgIpc) is 2.49. The molecule has 0 aliphatic heterocycles. The van der Waals surface area contributed by atoms with E-state index < -0.39 is 0 Å². The van der Waals surface area contributed by atoms with E-state index in [1.807, 2.05) is 62.4 Å². The summed E-state index contributed by atoms with van der Waals surface area (Å²) < 4.78 is 5.72. The van der Waals surface area contributed by atoms with Crippen molar-refractivity contribution >= 4 is 34.6 Å². The zero-order chi connectivity index (χ0) is 15.9. The second-order valence-corrected chi connectivity index (χ2v) is 5.92. The lowest BCUT2D eigenvalue weighted by Crippen LogP contribution is -2.39. The molecule has 2 rings (SSSR count). The van der Waals surface area contributed by atoms with Crippen molar-refractivity contribution in [1.29, 1.82) is 0 Å². The fourth-order valence-corrected chi connectivity index (χ4v) is 2.34. The van der Waals surface area contributed by atoms with Gasteiger partial charge in [0.15, 0.2) is 5.11 Å². The lowest BCUT2D eigenvalue weighted by molar-refractivity contribution is 0.287. The third-order valence-electron chi connectivity index (χ3n) is 3.02. The molecule has 0 fully saturated rings. The van der Waals surface area contributed by atoms with Gasteiger partial charge in [0.2, 0.25) is 0 Å². The number of aryl methyl sites for hydroxylation is 1. The minimum Gasteiger partial charge on any atom is -0.491 e. The molecule has 0 unspecified atom stereocenters. The van der Waals surface area contributed by atoms with Crippen LogP contribution >= 0.6 is 23.8 Å². The number of hydrogen-bond acceptors (Lipinski definition) is 2. The Morgan fingerprint density at radius 3 is 2.55 bits per heavy atom.